The van der Waals surface area contributed by atoms with Crippen LogP contribution in [0, 0.1) is 0 Å². The largest absolute Gasteiger partial charge is 0.497 e. The van der Waals surface area contributed by atoms with Crippen molar-refractivity contribution in [2.24, 2.45) is 0 Å². The molecule has 0 aliphatic rings. The summed E-state index contributed by atoms with van der Waals surface area (Å²) in [6.45, 7) is -0.126. The van der Waals surface area contributed by atoms with E-state index in [-0.39, 0.29) is 31.3 Å². The number of nitrogens with zero attached hydrogens (tertiary/aromatic N) is 1. The fourth-order valence-corrected chi connectivity index (χ4v) is 3.70. The van der Waals surface area contributed by atoms with Crippen LogP contribution < -0.4 is 14.8 Å². The zero-order valence-corrected chi connectivity index (χ0v) is 20.6. The van der Waals surface area contributed by atoms with Gasteiger partial charge < -0.3 is 24.4 Å². The van der Waals surface area contributed by atoms with Crippen molar-refractivity contribution < 1.29 is 28.6 Å². The molecule has 8 nitrogen and oxygen atoms in total. The van der Waals surface area contributed by atoms with Crippen LogP contribution in [0.3, 0.4) is 0 Å². The maximum Gasteiger partial charge on any atom is 0.325 e. The van der Waals surface area contributed by atoms with Gasteiger partial charge in [0, 0.05) is 18.2 Å². The Morgan fingerprint density at radius 2 is 1.42 bits per heavy atom. The molecular weight excluding hydrogens is 460 g/mol. The van der Waals surface area contributed by atoms with Crippen LogP contribution in [0.25, 0.3) is 0 Å². The molecule has 2 amide bonds. The van der Waals surface area contributed by atoms with E-state index in [0.717, 1.165) is 5.56 Å². The van der Waals surface area contributed by atoms with Crippen molar-refractivity contribution in [3.05, 3.63) is 95.6 Å². The number of carbonyl (C=O) groups is 3. The van der Waals surface area contributed by atoms with Crippen LogP contribution in [0.2, 0.25) is 0 Å². The molecule has 0 spiro atoms. The van der Waals surface area contributed by atoms with E-state index >= 15 is 0 Å². The fourth-order valence-electron chi connectivity index (χ4n) is 3.70. The van der Waals surface area contributed by atoms with Crippen LogP contribution in [0.5, 0.6) is 11.5 Å². The molecule has 0 saturated carbocycles. The Balaban J connectivity index is 1.86. The third-order valence-corrected chi connectivity index (χ3v) is 5.61. The van der Waals surface area contributed by atoms with Gasteiger partial charge in [0.05, 0.1) is 33.8 Å². The van der Waals surface area contributed by atoms with Crippen molar-refractivity contribution in [1.82, 2.24) is 10.2 Å². The standard InChI is InChI=1S/C28H30N2O6/c1-34-23-14-20(15-24(16-23)35-2)18-30(19-27(32)36-3)26(31)17-25(21-10-6-4-7-11-21)29-28(33)22-12-8-5-9-13-22/h4-16,25H,17-19H2,1-3H3,(H,29,33). The van der Waals surface area contributed by atoms with Gasteiger partial charge in [0.2, 0.25) is 5.91 Å². The van der Waals surface area contributed by atoms with Crippen LogP contribution >= 0.6 is 0 Å². The van der Waals surface area contributed by atoms with E-state index in [1.54, 1.807) is 42.5 Å². The van der Waals surface area contributed by atoms with Gasteiger partial charge in [-0.15, -0.1) is 0 Å². The molecule has 0 aliphatic heterocycles. The second kappa shape index (κ2) is 12.9. The Bertz CT molecular complexity index is 1140. The second-order valence-electron chi connectivity index (χ2n) is 8.05. The normalized spacial score (nSPS) is 11.2. The third-order valence-electron chi connectivity index (χ3n) is 5.61. The minimum Gasteiger partial charge on any atom is -0.497 e. The van der Waals surface area contributed by atoms with Gasteiger partial charge in [-0.3, -0.25) is 14.4 Å². The molecule has 1 N–H and O–H groups in total. The number of benzene rings is 3. The van der Waals surface area contributed by atoms with Crippen molar-refractivity contribution in [2.75, 3.05) is 27.9 Å². The number of methoxy groups -OCH3 is 3. The second-order valence-corrected chi connectivity index (χ2v) is 8.05. The van der Waals surface area contributed by atoms with E-state index in [4.69, 9.17) is 14.2 Å². The van der Waals surface area contributed by atoms with E-state index in [9.17, 15) is 14.4 Å². The van der Waals surface area contributed by atoms with Gasteiger partial charge in [-0.25, -0.2) is 0 Å². The highest BCUT2D eigenvalue weighted by Gasteiger charge is 2.25. The van der Waals surface area contributed by atoms with Crippen LogP contribution in [-0.4, -0.2) is 50.6 Å². The number of hydrogen-bond donors (Lipinski definition) is 1. The van der Waals surface area contributed by atoms with Crippen LogP contribution in [0.15, 0.2) is 78.9 Å². The lowest BCUT2D eigenvalue weighted by atomic mass is 10.0. The quantitative estimate of drug-likeness (QED) is 0.411. The zero-order valence-electron chi connectivity index (χ0n) is 20.6. The summed E-state index contributed by atoms with van der Waals surface area (Å²) in [4.78, 5) is 40.0. The maximum atomic E-state index is 13.5. The monoisotopic (exact) mass is 490 g/mol. The lowest BCUT2D eigenvalue weighted by molar-refractivity contribution is -0.147. The first-order valence-electron chi connectivity index (χ1n) is 11.4. The van der Waals surface area contributed by atoms with E-state index in [0.29, 0.717) is 22.6 Å². The van der Waals surface area contributed by atoms with Crippen molar-refractivity contribution in [3.63, 3.8) is 0 Å². The van der Waals surface area contributed by atoms with Crippen LogP contribution in [0.1, 0.15) is 33.9 Å². The lowest BCUT2D eigenvalue weighted by Crippen LogP contribution is -2.39. The number of ether oxygens (including phenoxy) is 3. The number of amides is 2. The predicted octanol–water partition coefficient (Wildman–Crippen LogP) is 3.77. The summed E-state index contributed by atoms with van der Waals surface area (Å²) in [6, 6.07) is 22.7. The Hall–Kier alpha value is -4.33. The Labute approximate surface area is 210 Å². The Kier molecular flexibility index (Phi) is 9.45. The molecular formula is C28H30N2O6. The molecule has 0 fully saturated rings. The number of esters is 1. The van der Waals surface area contributed by atoms with Crippen molar-refractivity contribution in [1.29, 1.82) is 0 Å². The van der Waals surface area contributed by atoms with E-state index in [2.05, 4.69) is 5.32 Å². The molecule has 36 heavy (non-hydrogen) atoms. The fraction of sp³-hybridized carbons (Fsp3) is 0.250. The van der Waals surface area contributed by atoms with Gasteiger partial charge in [-0.2, -0.15) is 0 Å². The highest BCUT2D eigenvalue weighted by atomic mass is 16.5. The summed E-state index contributed by atoms with van der Waals surface area (Å²) in [6.07, 6.45) is -0.0549. The van der Waals surface area contributed by atoms with Gasteiger partial charge in [0.25, 0.3) is 5.91 Å². The van der Waals surface area contributed by atoms with E-state index < -0.39 is 12.0 Å². The molecule has 8 heteroatoms. The molecule has 0 aliphatic carbocycles. The lowest BCUT2D eigenvalue weighted by Gasteiger charge is -2.26. The van der Waals surface area contributed by atoms with Gasteiger partial charge in [-0.1, -0.05) is 48.5 Å². The zero-order chi connectivity index (χ0) is 25.9. The Morgan fingerprint density at radius 3 is 1.97 bits per heavy atom. The van der Waals surface area contributed by atoms with E-state index in [1.165, 1.54) is 26.2 Å². The first-order chi connectivity index (χ1) is 17.4. The van der Waals surface area contributed by atoms with Crippen molar-refractivity contribution in [3.8, 4) is 11.5 Å². The van der Waals surface area contributed by atoms with Gasteiger partial charge in [0.1, 0.15) is 18.0 Å². The molecule has 188 valence electrons. The number of carbonyl (C=O) groups excluding carboxylic acids is 3. The maximum absolute atomic E-state index is 13.5. The molecule has 0 bridgehead atoms. The summed E-state index contributed by atoms with van der Waals surface area (Å²) in [5.74, 6) is -0.0549. The number of rotatable bonds is 11. The summed E-state index contributed by atoms with van der Waals surface area (Å²) in [7, 11) is 4.35. The minimum absolute atomic E-state index is 0.0549. The minimum atomic E-state index is -0.605. The van der Waals surface area contributed by atoms with Gasteiger partial charge in [0.15, 0.2) is 0 Å². The van der Waals surface area contributed by atoms with Gasteiger partial charge in [-0.05, 0) is 35.4 Å². The molecule has 3 rings (SSSR count). The topological polar surface area (TPSA) is 94.2 Å². The number of hydrogen-bond acceptors (Lipinski definition) is 6. The smallest absolute Gasteiger partial charge is 0.325 e. The molecule has 3 aromatic carbocycles. The number of nitrogens with one attached hydrogen (secondary N) is 1. The summed E-state index contributed by atoms with van der Waals surface area (Å²) in [5.41, 5.74) is 1.98. The summed E-state index contributed by atoms with van der Waals surface area (Å²) in [5, 5.41) is 2.96. The predicted molar refractivity (Wildman–Crippen MR) is 135 cm³/mol. The summed E-state index contributed by atoms with van der Waals surface area (Å²) >= 11 is 0. The average molecular weight is 491 g/mol. The highest BCUT2D eigenvalue weighted by molar-refractivity contribution is 5.94. The SMILES string of the molecule is COC(=O)CN(Cc1cc(OC)cc(OC)c1)C(=O)CC(NC(=O)c1ccccc1)c1ccccc1. The third kappa shape index (κ3) is 7.33. The molecule has 0 saturated heterocycles. The van der Waals surface area contributed by atoms with E-state index in [1.807, 2.05) is 36.4 Å². The average Bonchev–Trinajstić information content (AvgIpc) is 2.92. The highest BCUT2D eigenvalue weighted by Crippen LogP contribution is 2.25. The molecule has 3 aromatic rings. The van der Waals surface area contributed by atoms with Crippen LogP contribution in [-0.2, 0) is 20.9 Å². The first-order valence-corrected chi connectivity index (χ1v) is 11.4. The molecule has 1 atom stereocenters. The molecule has 0 heterocycles. The molecule has 0 aromatic heterocycles. The Morgan fingerprint density at radius 1 is 0.833 bits per heavy atom. The first kappa shape index (κ1) is 26.3. The van der Waals surface area contributed by atoms with Crippen LogP contribution in [0.4, 0.5) is 0 Å². The van der Waals surface area contributed by atoms with Crippen molar-refractivity contribution >= 4 is 17.8 Å². The molecule has 0 radical (unpaired) electrons. The van der Waals surface area contributed by atoms with Gasteiger partial charge >= 0.3 is 5.97 Å². The molecule has 1 unspecified atom stereocenters. The summed E-state index contributed by atoms with van der Waals surface area (Å²) < 4.78 is 15.5. The van der Waals surface area contributed by atoms with Crippen molar-refractivity contribution in [2.45, 2.75) is 19.0 Å².